The van der Waals surface area contributed by atoms with E-state index in [1.54, 1.807) is 0 Å². The first-order chi connectivity index (χ1) is 9.70. The molecule has 124 valence electrons. The standard InChI is InChI=1S/C12H26N2O4.C2H6.H2/c1-3-11(2)10-14-12(15)4-5-16-6-7-17-8-9-18-13;1-2;/h11H,3-10,13H2,1-2H3,(H,14,15);1-2H3;1H. The van der Waals surface area contributed by atoms with Gasteiger partial charge in [0.15, 0.2) is 0 Å². The molecule has 0 aliphatic rings. The lowest BCUT2D eigenvalue weighted by Gasteiger charge is -2.10. The minimum absolute atomic E-state index is 0. The second-order valence-electron chi connectivity index (χ2n) is 4.16. The Balaban J connectivity index is -0.00000103. The van der Waals surface area contributed by atoms with Gasteiger partial charge in [-0.1, -0.05) is 34.1 Å². The fourth-order valence-electron chi connectivity index (χ4n) is 1.11. The van der Waals surface area contributed by atoms with Gasteiger partial charge in [-0.15, -0.1) is 0 Å². The number of carbonyl (C=O) groups excluding carboxylic acids is 1. The second kappa shape index (κ2) is 18.3. The fourth-order valence-corrected chi connectivity index (χ4v) is 1.11. The molecule has 0 fully saturated rings. The van der Waals surface area contributed by atoms with Crippen LogP contribution in [-0.2, 0) is 19.1 Å². The molecule has 0 saturated carbocycles. The van der Waals surface area contributed by atoms with Crippen LogP contribution in [-0.4, -0.2) is 45.5 Å². The van der Waals surface area contributed by atoms with Crippen LogP contribution in [0.4, 0.5) is 0 Å². The first-order valence-electron chi connectivity index (χ1n) is 7.44. The molecule has 1 atom stereocenters. The summed E-state index contributed by atoms with van der Waals surface area (Å²) in [6.07, 6.45) is 1.46. The highest BCUT2D eigenvalue weighted by Crippen LogP contribution is 1.97. The molecule has 0 bridgehead atoms. The third kappa shape index (κ3) is 17.3. The van der Waals surface area contributed by atoms with Crippen molar-refractivity contribution >= 4 is 5.91 Å². The van der Waals surface area contributed by atoms with Gasteiger partial charge in [-0.3, -0.25) is 4.79 Å². The smallest absolute Gasteiger partial charge is 0.222 e. The van der Waals surface area contributed by atoms with E-state index < -0.39 is 0 Å². The summed E-state index contributed by atoms with van der Waals surface area (Å²) in [6, 6.07) is 0. The van der Waals surface area contributed by atoms with Crippen molar-refractivity contribution in [3.05, 3.63) is 0 Å². The highest BCUT2D eigenvalue weighted by Gasteiger charge is 2.03. The van der Waals surface area contributed by atoms with Gasteiger partial charge < -0.3 is 19.6 Å². The van der Waals surface area contributed by atoms with Gasteiger partial charge in [-0.2, -0.15) is 0 Å². The molecule has 6 nitrogen and oxygen atoms in total. The summed E-state index contributed by atoms with van der Waals surface area (Å²) >= 11 is 0. The summed E-state index contributed by atoms with van der Waals surface area (Å²) in [5, 5.41) is 2.87. The van der Waals surface area contributed by atoms with Crippen molar-refractivity contribution in [1.82, 2.24) is 5.32 Å². The molecule has 0 heterocycles. The first-order valence-corrected chi connectivity index (χ1v) is 7.44. The van der Waals surface area contributed by atoms with E-state index in [1.165, 1.54) is 0 Å². The van der Waals surface area contributed by atoms with E-state index in [0.717, 1.165) is 13.0 Å². The van der Waals surface area contributed by atoms with Crippen molar-refractivity contribution in [2.75, 3.05) is 39.6 Å². The van der Waals surface area contributed by atoms with E-state index in [9.17, 15) is 4.79 Å². The molecule has 0 aliphatic heterocycles. The van der Waals surface area contributed by atoms with Gasteiger partial charge in [-0.05, 0) is 5.92 Å². The average Bonchev–Trinajstić information content (AvgIpc) is 2.49. The number of hydrogen-bond donors (Lipinski definition) is 2. The molecule has 3 N–H and O–H groups in total. The summed E-state index contributed by atoms with van der Waals surface area (Å²) in [7, 11) is 0. The first kappa shape index (κ1) is 21.6. The minimum atomic E-state index is 0. The molecule has 0 aliphatic carbocycles. The summed E-state index contributed by atoms with van der Waals surface area (Å²) < 4.78 is 10.4. The third-order valence-electron chi connectivity index (χ3n) is 2.54. The normalized spacial score (nSPS) is 11.4. The largest absolute Gasteiger partial charge is 0.379 e. The maximum atomic E-state index is 11.4. The van der Waals surface area contributed by atoms with Crippen molar-refractivity contribution in [3.8, 4) is 0 Å². The van der Waals surface area contributed by atoms with Gasteiger partial charge >= 0.3 is 0 Å². The number of carbonyl (C=O) groups is 1. The lowest BCUT2D eigenvalue weighted by atomic mass is 10.1. The molecule has 0 aromatic carbocycles. The minimum Gasteiger partial charge on any atom is -0.379 e. The number of hydrogen-bond acceptors (Lipinski definition) is 5. The Kier molecular flexibility index (Phi) is 19.8. The summed E-state index contributed by atoms with van der Waals surface area (Å²) in [5.41, 5.74) is 0. The Bertz CT molecular complexity index is 209. The van der Waals surface area contributed by atoms with Crippen LogP contribution in [0.2, 0.25) is 0 Å². The van der Waals surface area contributed by atoms with E-state index in [1.807, 2.05) is 13.8 Å². The summed E-state index contributed by atoms with van der Waals surface area (Å²) in [5.74, 6) is 5.38. The number of ether oxygens (including phenoxy) is 2. The van der Waals surface area contributed by atoms with Crippen LogP contribution in [0.25, 0.3) is 0 Å². The zero-order chi connectivity index (χ0) is 15.6. The molecular formula is C14H34N2O4. The van der Waals surface area contributed by atoms with E-state index >= 15 is 0 Å². The van der Waals surface area contributed by atoms with Gasteiger partial charge in [0.2, 0.25) is 5.91 Å². The molecule has 20 heavy (non-hydrogen) atoms. The van der Waals surface area contributed by atoms with Gasteiger partial charge in [0.05, 0.1) is 33.0 Å². The zero-order valence-corrected chi connectivity index (χ0v) is 13.4. The number of nitrogens with two attached hydrogens (primary N) is 1. The van der Waals surface area contributed by atoms with Crippen LogP contribution in [0, 0.1) is 5.92 Å². The predicted octanol–water partition coefficient (Wildman–Crippen LogP) is 1.73. The summed E-state index contributed by atoms with van der Waals surface area (Å²) in [4.78, 5) is 15.7. The molecule has 0 spiro atoms. The highest BCUT2D eigenvalue weighted by molar-refractivity contribution is 5.75. The van der Waals surface area contributed by atoms with Crippen LogP contribution in [0.15, 0.2) is 0 Å². The molecule has 1 unspecified atom stereocenters. The third-order valence-corrected chi connectivity index (χ3v) is 2.54. The van der Waals surface area contributed by atoms with E-state index in [2.05, 4.69) is 24.0 Å². The van der Waals surface area contributed by atoms with Crippen LogP contribution in [0.1, 0.15) is 42.0 Å². The summed E-state index contributed by atoms with van der Waals surface area (Å²) in [6.45, 7) is 11.2. The van der Waals surface area contributed by atoms with Gasteiger partial charge in [-0.25, -0.2) is 5.90 Å². The monoisotopic (exact) mass is 294 g/mol. The zero-order valence-electron chi connectivity index (χ0n) is 13.4. The van der Waals surface area contributed by atoms with Crippen LogP contribution in [0.5, 0.6) is 0 Å². The van der Waals surface area contributed by atoms with Gasteiger partial charge in [0, 0.05) is 14.4 Å². The molecule has 6 heteroatoms. The second-order valence-corrected chi connectivity index (χ2v) is 4.16. The van der Waals surface area contributed by atoms with Gasteiger partial charge in [0.1, 0.15) is 0 Å². The van der Waals surface area contributed by atoms with E-state index in [0.29, 0.717) is 45.4 Å². The lowest BCUT2D eigenvalue weighted by molar-refractivity contribution is -0.122. The Labute approximate surface area is 124 Å². The molecule has 0 aromatic rings. The van der Waals surface area contributed by atoms with Crippen molar-refractivity contribution in [3.63, 3.8) is 0 Å². The van der Waals surface area contributed by atoms with E-state index in [4.69, 9.17) is 15.4 Å². The van der Waals surface area contributed by atoms with Crippen molar-refractivity contribution in [2.24, 2.45) is 11.8 Å². The Morgan fingerprint density at radius 3 is 2.25 bits per heavy atom. The van der Waals surface area contributed by atoms with Gasteiger partial charge in [0.25, 0.3) is 0 Å². The van der Waals surface area contributed by atoms with Crippen molar-refractivity contribution < 1.29 is 20.5 Å². The topological polar surface area (TPSA) is 82.8 Å². The molecule has 0 rings (SSSR count). The maximum Gasteiger partial charge on any atom is 0.222 e. The lowest BCUT2D eigenvalue weighted by Crippen LogP contribution is -2.28. The Hall–Kier alpha value is -0.690. The van der Waals surface area contributed by atoms with Crippen molar-refractivity contribution in [2.45, 2.75) is 40.5 Å². The fraction of sp³-hybridized carbons (Fsp3) is 0.929. The maximum absolute atomic E-state index is 11.4. The molecule has 1 amide bonds. The predicted molar refractivity (Wildman–Crippen MR) is 82.3 cm³/mol. The molecular weight excluding hydrogens is 260 g/mol. The van der Waals surface area contributed by atoms with Crippen LogP contribution in [0.3, 0.4) is 0 Å². The van der Waals surface area contributed by atoms with Crippen molar-refractivity contribution in [1.29, 1.82) is 0 Å². The van der Waals surface area contributed by atoms with Crippen LogP contribution >= 0.6 is 0 Å². The molecule has 0 saturated heterocycles. The van der Waals surface area contributed by atoms with Crippen LogP contribution < -0.4 is 11.2 Å². The molecule has 0 radical (unpaired) electrons. The quantitative estimate of drug-likeness (QED) is 0.423. The highest BCUT2D eigenvalue weighted by atomic mass is 16.6. The average molecular weight is 294 g/mol. The molecule has 0 aromatic heterocycles. The Morgan fingerprint density at radius 1 is 1.15 bits per heavy atom. The van der Waals surface area contributed by atoms with E-state index in [-0.39, 0.29) is 7.33 Å². The Morgan fingerprint density at radius 2 is 1.70 bits per heavy atom. The number of rotatable bonds is 12. The number of amides is 1. The SMILES string of the molecule is CC.CCC(C)CNC(=O)CCOCCOCCON.[HH]. The number of nitrogens with one attached hydrogen (secondary N) is 1.